The maximum absolute atomic E-state index is 10.4. The Bertz CT molecular complexity index is 491. The van der Waals surface area contributed by atoms with Gasteiger partial charge >= 0.3 is 5.97 Å². The number of aliphatic carboxylic acids is 1. The highest BCUT2D eigenvalue weighted by atomic mass is 16.4. The number of benzene rings is 1. The van der Waals surface area contributed by atoms with E-state index in [0.29, 0.717) is 6.42 Å². The van der Waals surface area contributed by atoms with Crippen LogP contribution in [-0.4, -0.2) is 16.1 Å². The third-order valence-electron chi connectivity index (χ3n) is 2.52. The molecule has 0 amide bonds. The number of pyridine rings is 1. The molecule has 1 aromatic carbocycles. The zero-order valence-electron chi connectivity index (χ0n) is 9.34. The minimum atomic E-state index is -0.780. The van der Waals surface area contributed by atoms with E-state index in [1.165, 1.54) is 0 Å². The molecule has 3 heteroatoms. The second-order valence-corrected chi connectivity index (χ2v) is 3.81. The molecule has 2 aromatic rings. The van der Waals surface area contributed by atoms with Gasteiger partial charge in [0.2, 0.25) is 0 Å². The van der Waals surface area contributed by atoms with Crippen molar-refractivity contribution in [2.45, 2.75) is 12.8 Å². The van der Waals surface area contributed by atoms with Gasteiger partial charge < -0.3 is 5.11 Å². The lowest BCUT2D eigenvalue weighted by atomic mass is 10.1. The summed E-state index contributed by atoms with van der Waals surface area (Å²) in [5.74, 6) is -0.780. The van der Waals surface area contributed by atoms with Crippen molar-refractivity contribution in [3.63, 3.8) is 0 Å². The summed E-state index contributed by atoms with van der Waals surface area (Å²) >= 11 is 0. The Kier molecular flexibility index (Phi) is 3.50. The molecule has 0 atom stereocenters. The molecule has 0 unspecified atom stereocenters. The van der Waals surface area contributed by atoms with Crippen molar-refractivity contribution in [2.75, 3.05) is 0 Å². The van der Waals surface area contributed by atoms with Gasteiger partial charge in [-0.25, -0.2) is 0 Å². The summed E-state index contributed by atoms with van der Waals surface area (Å²) in [7, 11) is 0. The molecular formula is C14H13NO2. The van der Waals surface area contributed by atoms with E-state index in [9.17, 15) is 4.79 Å². The molecule has 3 nitrogen and oxygen atoms in total. The van der Waals surface area contributed by atoms with Gasteiger partial charge in [-0.1, -0.05) is 36.4 Å². The van der Waals surface area contributed by atoms with Crippen molar-refractivity contribution >= 4 is 5.97 Å². The van der Waals surface area contributed by atoms with Crippen LogP contribution in [-0.2, 0) is 11.2 Å². The van der Waals surface area contributed by atoms with Gasteiger partial charge in [-0.2, -0.15) is 0 Å². The van der Waals surface area contributed by atoms with Gasteiger partial charge in [-0.3, -0.25) is 9.78 Å². The number of aromatic nitrogens is 1. The number of hydrogen-bond acceptors (Lipinski definition) is 2. The Morgan fingerprint density at radius 1 is 1.12 bits per heavy atom. The minimum Gasteiger partial charge on any atom is -0.481 e. The van der Waals surface area contributed by atoms with E-state index in [4.69, 9.17) is 5.11 Å². The van der Waals surface area contributed by atoms with E-state index >= 15 is 0 Å². The van der Waals surface area contributed by atoms with Crippen LogP contribution < -0.4 is 0 Å². The van der Waals surface area contributed by atoms with Crippen LogP contribution in [0.15, 0.2) is 48.7 Å². The Morgan fingerprint density at radius 2 is 1.88 bits per heavy atom. The summed E-state index contributed by atoms with van der Waals surface area (Å²) in [5, 5.41) is 8.59. The normalized spacial score (nSPS) is 10.1. The van der Waals surface area contributed by atoms with Crippen molar-refractivity contribution in [1.29, 1.82) is 0 Å². The van der Waals surface area contributed by atoms with Gasteiger partial charge in [-0.05, 0) is 18.1 Å². The highest BCUT2D eigenvalue weighted by molar-refractivity contribution is 5.67. The van der Waals surface area contributed by atoms with Gasteiger partial charge in [0.25, 0.3) is 0 Å². The lowest BCUT2D eigenvalue weighted by Crippen LogP contribution is -1.97. The number of carbonyl (C=O) groups is 1. The summed E-state index contributed by atoms with van der Waals surface area (Å²) in [4.78, 5) is 14.8. The number of rotatable bonds is 4. The van der Waals surface area contributed by atoms with Crippen LogP contribution in [0.25, 0.3) is 11.3 Å². The largest absolute Gasteiger partial charge is 0.481 e. The maximum Gasteiger partial charge on any atom is 0.303 e. The monoisotopic (exact) mass is 227 g/mol. The molecule has 0 aliphatic heterocycles. The Hall–Kier alpha value is -2.16. The Balaban J connectivity index is 2.11. The predicted octanol–water partition coefficient (Wildman–Crippen LogP) is 2.77. The van der Waals surface area contributed by atoms with E-state index in [2.05, 4.69) is 4.98 Å². The SMILES string of the molecule is O=C(O)CCc1ccc(-c2ccccc2)nc1. The van der Waals surface area contributed by atoms with E-state index < -0.39 is 5.97 Å². The number of carboxylic acid groups (broad SMARTS) is 1. The molecule has 1 heterocycles. The molecule has 0 radical (unpaired) electrons. The van der Waals surface area contributed by atoms with E-state index in [1.54, 1.807) is 6.20 Å². The second kappa shape index (κ2) is 5.25. The maximum atomic E-state index is 10.4. The van der Waals surface area contributed by atoms with E-state index in [1.807, 2.05) is 42.5 Å². The molecule has 1 N–H and O–H groups in total. The van der Waals surface area contributed by atoms with Crippen molar-refractivity contribution < 1.29 is 9.90 Å². The smallest absolute Gasteiger partial charge is 0.303 e. The van der Waals surface area contributed by atoms with Crippen molar-refractivity contribution in [3.05, 3.63) is 54.2 Å². The molecule has 0 saturated carbocycles. The first-order chi connectivity index (χ1) is 8.25. The molecule has 17 heavy (non-hydrogen) atoms. The van der Waals surface area contributed by atoms with Crippen molar-refractivity contribution in [3.8, 4) is 11.3 Å². The van der Waals surface area contributed by atoms with Crippen LogP contribution in [0.3, 0.4) is 0 Å². The Labute approximate surface area is 99.8 Å². The summed E-state index contributed by atoms with van der Waals surface area (Å²) in [5.41, 5.74) is 2.93. The van der Waals surface area contributed by atoms with Gasteiger partial charge in [0.15, 0.2) is 0 Å². The number of hydrogen-bond donors (Lipinski definition) is 1. The average molecular weight is 227 g/mol. The fraction of sp³-hybridized carbons (Fsp3) is 0.143. The van der Waals surface area contributed by atoms with Gasteiger partial charge in [0.1, 0.15) is 0 Å². The molecule has 0 saturated heterocycles. The van der Waals surface area contributed by atoms with Crippen LogP contribution in [0.4, 0.5) is 0 Å². The lowest BCUT2D eigenvalue weighted by Gasteiger charge is -2.02. The quantitative estimate of drug-likeness (QED) is 0.873. The zero-order chi connectivity index (χ0) is 12.1. The fourth-order valence-electron chi connectivity index (χ4n) is 1.60. The molecule has 0 fully saturated rings. The molecule has 2 rings (SSSR count). The summed E-state index contributed by atoms with van der Waals surface area (Å²) in [6.07, 6.45) is 2.41. The number of carboxylic acids is 1. The summed E-state index contributed by atoms with van der Waals surface area (Å²) in [6, 6.07) is 13.7. The molecule has 0 aliphatic rings. The Morgan fingerprint density at radius 3 is 2.47 bits per heavy atom. The standard InChI is InChI=1S/C14H13NO2/c16-14(17)9-7-11-6-8-13(15-10-11)12-4-2-1-3-5-12/h1-6,8,10H,7,9H2,(H,16,17). The minimum absolute atomic E-state index is 0.145. The van der Waals surface area contributed by atoms with Crippen LogP contribution in [0.2, 0.25) is 0 Å². The zero-order valence-corrected chi connectivity index (χ0v) is 9.34. The highest BCUT2D eigenvalue weighted by Gasteiger charge is 2.01. The molecule has 1 aromatic heterocycles. The van der Waals surface area contributed by atoms with E-state index in [0.717, 1.165) is 16.8 Å². The van der Waals surface area contributed by atoms with Crippen LogP contribution in [0.5, 0.6) is 0 Å². The van der Waals surface area contributed by atoms with Crippen LogP contribution in [0, 0.1) is 0 Å². The molecular weight excluding hydrogens is 214 g/mol. The first kappa shape index (κ1) is 11.3. The van der Waals surface area contributed by atoms with Crippen molar-refractivity contribution in [1.82, 2.24) is 4.98 Å². The summed E-state index contributed by atoms with van der Waals surface area (Å²) in [6.45, 7) is 0. The van der Waals surface area contributed by atoms with E-state index in [-0.39, 0.29) is 6.42 Å². The summed E-state index contributed by atoms with van der Waals surface area (Å²) < 4.78 is 0. The molecule has 86 valence electrons. The third kappa shape index (κ3) is 3.14. The number of nitrogens with zero attached hydrogens (tertiary/aromatic N) is 1. The van der Waals surface area contributed by atoms with Gasteiger partial charge in [-0.15, -0.1) is 0 Å². The highest BCUT2D eigenvalue weighted by Crippen LogP contribution is 2.16. The third-order valence-corrected chi connectivity index (χ3v) is 2.52. The fourth-order valence-corrected chi connectivity index (χ4v) is 1.60. The molecule has 0 spiro atoms. The first-order valence-corrected chi connectivity index (χ1v) is 5.48. The average Bonchev–Trinajstić information content (AvgIpc) is 2.38. The topological polar surface area (TPSA) is 50.2 Å². The predicted molar refractivity (Wildman–Crippen MR) is 65.6 cm³/mol. The molecule has 0 bridgehead atoms. The van der Waals surface area contributed by atoms with Crippen LogP contribution >= 0.6 is 0 Å². The van der Waals surface area contributed by atoms with Gasteiger partial charge in [0.05, 0.1) is 5.69 Å². The molecule has 0 aliphatic carbocycles. The first-order valence-electron chi connectivity index (χ1n) is 5.48. The van der Waals surface area contributed by atoms with Crippen LogP contribution in [0.1, 0.15) is 12.0 Å². The second-order valence-electron chi connectivity index (χ2n) is 3.81. The van der Waals surface area contributed by atoms with Crippen molar-refractivity contribution in [2.24, 2.45) is 0 Å². The number of aryl methyl sites for hydroxylation is 1. The lowest BCUT2D eigenvalue weighted by molar-refractivity contribution is -0.136. The van der Waals surface area contributed by atoms with Gasteiger partial charge in [0, 0.05) is 18.2 Å².